The number of rotatable bonds is 3. The highest BCUT2D eigenvalue weighted by Crippen LogP contribution is 2.17. The van der Waals surface area contributed by atoms with Crippen molar-refractivity contribution in [1.82, 2.24) is 4.98 Å². The summed E-state index contributed by atoms with van der Waals surface area (Å²) in [4.78, 5) is 37.1. The molecule has 6 nitrogen and oxygen atoms in total. The zero-order valence-corrected chi connectivity index (χ0v) is 8.77. The minimum absolute atomic E-state index is 0.119. The Hall–Kier alpha value is -2.24. The molecule has 3 N–H and O–H groups in total. The quantitative estimate of drug-likeness (QED) is 0.718. The van der Waals surface area contributed by atoms with Gasteiger partial charge in [-0.1, -0.05) is 0 Å². The molecule has 1 aromatic rings. The summed E-state index contributed by atoms with van der Waals surface area (Å²) in [6.45, 7) is 2.65. The van der Waals surface area contributed by atoms with E-state index < -0.39 is 17.7 Å². The first-order valence-electron chi connectivity index (χ1n) is 4.40. The zero-order valence-electron chi connectivity index (χ0n) is 8.77. The Kier molecular flexibility index (Phi) is 3.03. The number of hydrogen-bond donors (Lipinski definition) is 2. The number of ketones is 1. The molecule has 0 aliphatic rings. The van der Waals surface area contributed by atoms with Gasteiger partial charge in [-0.05, 0) is 13.8 Å². The van der Waals surface area contributed by atoms with Crippen molar-refractivity contribution < 1.29 is 19.5 Å². The molecule has 0 aliphatic heterocycles. The lowest BCUT2D eigenvalue weighted by Gasteiger charge is -2.08. The molecule has 0 radical (unpaired) electrons. The number of nitrogens with two attached hydrogens (primary N) is 1. The smallest absolute Gasteiger partial charge is 0.337 e. The number of carbonyl (C=O) groups excluding carboxylic acids is 2. The second-order valence-electron chi connectivity index (χ2n) is 3.23. The van der Waals surface area contributed by atoms with Gasteiger partial charge in [-0.15, -0.1) is 0 Å². The predicted octanol–water partition coefficient (Wildman–Crippen LogP) is 0.390. The molecule has 84 valence electrons. The van der Waals surface area contributed by atoms with Gasteiger partial charge in [0.25, 0.3) is 5.91 Å². The fourth-order valence-corrected chi connectivity index (χ4v) is 1.40. The maximum Gasteiger partial charge on any atom is 0.337 e. The molecule has 0 saturated heterocycles. The number of aryl methyl sites for hydroxylation is 1. The molecule has 0 unspecified atom stereocenters. The van der Waals surface area contributed by atoms with Crippen molar-refractivity contribution in [2.24, 2.45) is 5.73 Å². The van der Waals surface area contributed by atoms with Crippen LogP contribution in [-0.4, -0.2) is 27.8 Å². The number of carboxylic acids is 1. The third kappa shape index (κ3) is 1.90. The Morgan fingerprint density at radius 3 is 2.25 bits per heavy atom. The topological polar surface area (TPSA) is 110 Å². The Morgan fingerprint density at radius 2 is 1.88 bits per heavy atom. The van der Waals surface area contributed by atoms with Crippen molar-refractivity contribution >= 4 is 17.7 Å². The first-order valence-corrected chi connectivity index (χ1v) is 4.40. The van der Waals surface area contributed by atoms with Gasteiger partial charge < -0.3 is 10.8 Å². The number of carboxylic acid groups (broad SMARTS) is 1. The van der Waals surface area contributed by atoms with Gasteiger partial charge in [0.2, 0.25) is 0 Å². The lowest BCUT2D eigenvalue weighted by atomic mass is 9.99. The number of aromatic carboxylic acids is 1. The fourth-order valence-electron chi connectivity index (χ4n) is 1.40. The van der Waals surface area contributed by atoms with E-state index in [0.717, 1.165) is 6.20 Å². The number of primary amides is 1. The summed E-state index contributed by atoms with van der Waals surface area (Å²) in [7, 11) is 0. The van der Waals surface area contributed by atoms with E-state index in [1.54, 1.807) is 0 Å². The minimum Gasteiger partial charge on any atom is -0.478 e. The maximum absolute atomic E-state index is 11.2. The van der Waals surface area contributed by atoms with E-state index in [9.17, 15) is 14.4 Å². The maximum atomic E-state index is 11.2. The highest BCUT2D eigenvalue weighted by Gasteiger charge is 2.23. The third-order valence-electron chi connectivity index (χ3n) is 2.11. The van der Waals surface area contributed by atoms with Crippen molar-refractivity contribution in [3.05, 3.63) is 28.6 Å². The molecule has 1 aromatic heterocycles. The molecule has 0 fully saturated rings. The number of amides is 1. The zero-order chi connectivity index (χ0) is 12.5. The van der Waals surface area contributed by atoms with Crippen LogP contribution >= 0.6 is 0 Å². The molecule has 0 saturated carbocycles. The molecule has 1 rings (SSSR count). The van der Waals surface area contributed by atoms with E-state index in [1.165, 1.54) is 13.8 Å². The van der Waals surface area contributed by atoms with Crippen LogP contribution in [-0.2, 0) is 0 Å². The normalized spacial score (nSPS) is 9.88. The molecule has 0 aliphatic carbocycles. The molecule has 1 amide bonds. The van der Waals surface area contributed by atoms with Crippen LogP contribution in [0.2, 0.25) is 0 Å². The highest BCUT2D eigenvalue weighted by atomic mass is 16.4. The molecule has 6 heteroatoms. The summed E-state index contributed by atoms with van der Waals surface area (Å²) in [6.07, 6.45) is 1.13. The van der Waals surface area contributed by atoms with Crippen molar-refractivity contribution in [2.75, 3.05) is 0 Å². The predicted molar refractivity (Wildman–Crippen MR) is 54.5 cm³/mol. The summed E-state index contributed by atoms with van der Waals surface area (Å²) in [6, 6.07) is 0. The van der Waals surface area contributed by atoms with Gasteiger partial charge in [0.15, 0.2) is 5.78 Å². The molecule has 1 heterocycles. The van der Waals surface area contributed by atoms with Crippen LogP contribution in [0.4, 0.5) is 0 Å². The van der Waals surface area contributed by atoms with E-state index in [0.29, 0.717) is 0 Å². The van der Waals surface area contributed by atoms with Crippen LogP contribution in [0.5, 0.6) is 0 Å². The van der Waals surface area contributed by atoms with Crippen LogP contribution in [0, 0.1) is 6.92 Å². The molecule has 16 heavy (non-hydrogen) atoms. The van der Waals surface area contributed by atoms with Crippen LogP contribution in [0.25, 0.3) is 0 Å². The minimum atomic E-state index is -1.37. The number of pyridine rings is 1. The Bertz CT molecular complexity index is 494. The van der Waals surface area contributed by atoms with Crippen molar-refractivity contribution in [1.29, 1.82) is 0 Å². The standard InChI is InChI=1S/C10H10N2O4/c1-4-7(9(11)14)8(10(15)16)6(3-12-4)5(2)13/h3H,1-2H3,(H2,11,14)(H,15,16). The number of carbonyl (C=O) groups is 3. The number of Topliss-reactive ketones (excluding diaryl/α,β-unsaturated/α-hetero) is 1. The van der Waals surface area contributed by atoms with Crippen LogP contribution < -0.4 is 5.73 Å². The largest absolute Gasteiger partial charge is 0.478 e. The Balaban J connectivity index is 3.70. The fraction of sp³-hybridized carbons (Fsp3) is 0.200. The number of nitrogens with zero attached hydrogens (tertiary/aromatic N) is 1. The van der Waals surface area contributed by atoms with Gasteiger partial charge in [0.1, 0.15) is 0 Å². The van der Waals surface area contributed by atoms with Crippen molar-refractivity contribution in [2.45, 2.75) is 13.8 Å². The van der Waals surface area contributed by atoms with Crippen LogP contribution in [0.1, 0.15) is 43.7 Å². The van der Waals surface area contributed by atoms with Crippen molar-refractivity contribution in [3.8, 4) is 0 Å². The summed E-state index contributed by atoms with van der Waals surface area (Å²) in [5, 5.41) is 8.98. The van der Waals surface area contributed by atoms with Gasteiger partial charge in [0, 0.05) is 6.20 Å². The van der Waals surface area contributed by atoms with Gasteiger partial charge in [0.05, 0.1) is 22.4 Å². The van der Waals surface area contributed by atoms with E-state index in [1.807, 2.05) is 0 Å². The number of hydrogen-bond acceptors (Lipinski definition) is 4. The van der Waals surface area contributed by atoms with Gasteiger partial charge in [-0.25, -0.2) is 4.79 Å². The summed E-state index contributed by atoms with van der Waals surface area (Å²) >= 11 is 0. The molecule has 0 aromatic carbocycles. The van der Waals surface area contributed by atoms with Crippen LogP contribution in [0.15, 0.2) is 6.20 Å². The van der Waals surface area contributed by atoms with Gasteiger partial charge in [-0.3, -0.25) is 14.6 Å². The summed E-state index contributed by atoms with van der Waals surface area (Å²) in [5.41, 5.74) is 4.54. The summed E-state index contributed by atoms with van der Waals surface area (Å²) < 4.78 is 0. The molecule has 0 spiro atoms. The SMILES string of the molecule is CC(=O)c1cnc(C)c(C(N)=O)c1C(=O)O. The first kappa shape index (κ1) is 11.8. The monoisotopic (exact) mass is 222 g/mol. The van der Waals surface area contributed by atoms with Crippen molar-refractivity contribution in [3.63, 3.8) is 0 Å². The van der Waals surface area contributed by atoms with Crippen LogP contribution in [0.3, 0.4) is 0 Å². The lowest BCUT2D eigenvalue weighted by Crippen LogP contribution is -2.21. The van der Waals surface area contributed by atoms with E-state index in [4.69, 9.17) is 10.8 Å². The summed E-state index contributed by atoms with van der Waals surface area (Å²) in [5.74, 6) is -2.76. The Morgan fingerprint density at radius 1 is 1.31 bits per heavy atom. The second kappa shape index (κ2) is 4.09. The molecular weight excluding hydrogens is 212 g/mol. The second-order valence-corrected chi connectivity index (χ2v) is 3.23. The molecular formula is C10H10N2O4. The third-order valence-corrected chi connectivity index (χ3v) is 2.11. The molecule has 0 atom stereocenters. The number of aromatic nitrogens is 1. The average molecular weight is 222 g/mol. The van der Waals surface area contributed by atoms with E-state index >= 15 is 0 Å². The molecule has 0 bridgehead atoms. The van der Waals surface area contributed by atoms with Gasteiger partial charge >= 0.3 is 5.97 Å². The Labute approximate surface area is 91.1 Å². The highest BCUT2D eigenvalue weighted by molar-refractivity contribution is 6.12. The first-order chi connectivity index (χ1) is 7.36. The van der Waals surface area contributed by atoms with E-state index in [2.05, 4.69) is 4.98 Å². The van der Waals surface area contributed by atoms with Gasteiger partial charge in [-0.2, -0.15) is 0 Å². The van der Waals surface area contributed by atoms with E-state index in [-0.39, 0.29) is 22.4 Å². The average Bonchev–Trinajstić information content (AvgIpc) is 2.15. The lowest BCUT2D eigenvalue weighted by molar-refractivity contribution is 0.0687.